The van der Waals surface area contributed by atoms with Gasteiger partial charge in [0.2, 0.25) is 5.91 Å². The van der Waals surface area contributed by atoms with Crippen LogP contribution in [0.4, 0.5) is 13.2 Å². The van der Waals surface area contributed by atoms with Crippen molar-refractivity contribution in [1.82, 2.24) is 5.32 Å². The van der Waals surface area contributed by atoms with Gasteiger partial charge in [-0.2, -0.15) is 13.2 Å². The summed E-state index contributed by atoms with van der Waals surface area (Å²) >= 11 is 0. The fourth-order valence-corrected chi connectivity index (χ4v) is 1.31. The smallest absolute Gasteiger partial charge is 0.379 e. The zero-order valence-electron chi connectivity index (χ0n) is 8.23. The maximum atomic E-state index is 11.8. The summed E-state index contributed by atoms with van der Waals surface area (Å²) in [6, 6.07) is -0.564. The second kappa shape index (κ2) is 3.97. The number of rotatable bonds is 2. The van der Waals surface area contributed by atoms with Crippen LogP contribution in [0.15, 0.2) is 0 Å². The molecule has 0 saturated carbocycles. The van der Waals surface area contributed by atoms with Gasteiger partial charge in [-0.25, -0.2) is 0 Å². The van der Waals surface area contributed by atoms with Crippen molar-refractivity contribution in [2.24, 2.45) is 11.1 Å². The molecule has 1 aliphatic heterocycles. The molecule has 1 saturated heterocycles. The Hall–Kier alpha value is -0.820. The summed E-state index contributed by atoms with van der Waals surface area (Å²) in [6.07, 6.45) is -4.41. The largest absolute Gasteiger partial charge is 0.405 e. The highest BCUT2D eigenvalue weighted by atomic mass is 19.4. The Morgan fingerprint density at radius 2 is 2.27 bits per heavy atom. The van der Waals surface area contributed by atoms with Crippen molar-refractivity contribution < 1.29 is 22.7 Å². The Morgan fingerprint density at radius 1 is 1.67 bits per heavy atom. The minimum absolute atomic E-state index is 0.0534. The summed E-state index contributed by atoms with van der Waals surface area (Å²) in [5.74, 6) is -0.718. The van der Waals surface area contributed by atoms with Crippen LogP contribution in [0, 0.1) is 5.41 Å². The molecule has 4 nitrogen and oxygen atoms in total. The number of carbonyl (C=O) groups excluding carboxylic acids is 1. The van der Waals surface area contributed by atoms with Gasteiger partial charge in [0.15, 0.2) is 0 Å². The third kappa shape index (κ3) is 2.82. The monoisotopic (exact) mass is 226 g/mol. The minimum Gasteiger partial charge on any atom is -0.379 e. The van der Waals surface area contributed by atoms with Crippen molar-refractivity contribution in [3.8, 4) is 0 Å². The zero-order chi connectivity index (χ0) is 11.7. The molecule has 0 aromatic heterocycles. The highest BCUT2D eigenvalue weighted by molar-refractivity contribution is 5.83. The highest BCUT2D eigenvalue weighted by Gasteiger charge is 2.45. The number of halogens is 3. The van der Waals surface area contributed by atoms with E-state index in [2.05, 4.69) is 0 Å². The highest BCUT2D eigenvalue weighted by Crippen LogP contribution is 2.27. The normalized spacial score (nSPS) is 31.7. The number of alkyl halides is 3. The fourth-order valence-electron chi connectivity index (χ4n) is 1.31. The van der Waals surface area contributed by atoms with Gasteiger partial charge < -0.3 is 15.8 Å². The van der Waals surface area contributed by atoms with Crippen molar-refractivity contribution in [3.63, 3.8) is 0 Å². The third-order valence-electron chi connectivity index (χ3n) is 2.49. The molecule has 1 heterocycles. The van der Waals surface area contributed by atoms with Gasteiger partial charge in [0, 0.05) is 6.04 Å². The van der Waals surface area contributed by atoms with Crippen LogP contribution in [0.2, 0.25) is 0 Å². The number of hydrogen-bond acceptors (Lipinski definition) is 3. The number of amides is 1. The van der Waals surface area contributed by atoms with E-state index in [1.165, 1.54) is 6.92 Å². The van der Waals surface area contributed by atoms with E-state index >= 15 is 0 Å². The molecule has 1 amide bonds. The SMILES string of the molecule is CC1(C(=O)NCC(F)(F)F)COCC1N. The number of nitrogens with one attached hydrogen (secondary N) is 1. The van der Waals surface area contributed by atoms with E-state index in [-0.39, 0.29) is 13.2 Å². The van der Waals surface area contributed by atoms with Crippen LogP contribution in [-0.2, 0) is 9.53 Å². The lowest BCUT2D eigenvalue weighted by Crippen LogP contribution is -2.51. The first-order valence-corrected chi connectivity index (χ1v) is 4.44. The summed E-state index contributed by atoms with van der Waals surface area (Å²) in [5.41, 5.74) is 4.52. The molecule has 88 valence electrons. The molecular weight excluding hydrogens is 213 g/mol. The van der Waals surface area contributed by atoms with Crippen molar-refractivity contribution >= 4 is 5.91 Å². The molecule has 0 bridgehead atoms. The van der Waals surface area contributed by atoms with Crippen LogP contribution in [0.5, 0.6) is 0 Å². The molecular formula is C8H13F3N2O2. The van der Waals surface area contributed by atoms with Crippen molar-refractivity contribution in [3.05, 3.63) is 0 Å². The number of ether oxygens (including phenoxy) is 1. The van der Waals surface area contributed by atoms with Crippen LogP contribution in [-0.4, -0.2) is 37.9 Å². The Balaban J connectivity index is 2.53. The summed E-state index contributed by atoms with van der Waals surface area (Å²) in [6.45, 7) is 0.401. The van der Waals surface area contributed by atoms with Crippen LogP contribution < -0.4 is 11.1 Å². The quantitative estimate of drug-likeness (QED) is 0.698. The van der Waals surface area contributed by atoms with Crippen molar-refractivity contribution in [2.45, 2.75) is 19.1 Å². The molecule has 0 aliphatic carbocycles. The first-order chi connectivity index (χ1) is 6.76. The Morgan fingerprint density at radius 3 is 2.67 bits per heavy atom. The molecule has 2 unspecified atom stereocenters. The molecule has 0 aromatic rings. The van der Waals surface area contributed by atoms with Gasteiger partial charge in [-0.3, -0.25) is 4.79 Å². The van der Waals surface area contributed by atoms with Gasteiger partial charge >= 0.3 is 6.18 Å². The average Bonchev–Trinajstić information content (AvgIpc) is 2.43. The van der Waals surface area contributed by atoms with Crippen LogP contribution in [0.1, 0.15) is 6.92 Å². The van der Waals surface area contributed by atoms with Gasteiger partial charge in [-0.05, 0) is 6.92 Å². The van der Waals surface area contributed by atoms with Gasteiger partial charge in [-0.1, -0.05) is 0 Å². The standard InChI is InChI=1S/C8H13F3N2O2/c1-7(4-15-2-5(7)12)6(14)13-3-8(9,10)11/h5H,2-4,12H2,1H3,(H,13,14). The molecule has 1 aliphatic rings. The maximum absolute atomic E-state index is 11.8. The van der Waals surface area contributed by atoms with E-state index in [0.29, 0.717) is 0 Å². The Labute approximate surface area is 84.9 Å². The van der Waals surface area contributed by atoms with Gasteiger partial charge in [-0.15, -0.1) is 0 Å². The third-order valence-corrected chi connectivity index (χ3v) is 2.49. The summed E-state index contributed by atoms with van der Waals surface area (Å²) in [5, 5.41) is 1.81. The average molecular weight is 226 g/mol. The molecule has 1 rings (SSSR count). The molecule has 3 N–H and O–H groups in total. The number of hydrogen-bond donors (Lipinski definition) is 2. The van der Waals surface area contributed by atoms with Crippen LogP contribution in [0.3, 0.4) is 0 Å². The van der Waals surface area contributed by atoms with E-state index in [9.17, 15) is 18.0 Å². The first kappa shape index (κ1) is 12.3. The number of carbonyl (C=O) groups is 1. The van der Waals surface area contributed by atoms with E-state index in [0.717, 1.165) is 0 Å². The van der Waals surface area contributed by atoms with E-state index in [1.807, 2.05) is 5.32 Å². The zero-order valence-corrected chi connectivity index (χ0v) is 8.23. The molecule has 1 fully saturated rings. The maximum Gasteiger partial charge on any atom is 0.405 e. The molecule has 0 radical (unpaired) electrons. The number of nitrogens with two attached hydrogens (primary N) is 1. The van der Waals surface area contributed by atoms with Crippen LogP contribution >= 0.6 is 0 Å². The molecule has 7 heteroatoms. The second-order valence-electron chi connectivity index (χ2n) is 3.84. The van der Waals surface area contributed by atoms with E-state index in [1.54, 1.807) is 0 Å². The second-order valence-corrected chi connectivity index (χ2v) is 3.84. The first-order valence-electron chi connectivity index (χ1n) is 4.44. The Bertz CT molecular complexity index is 257. The lowest BCUT2D eigenvalue weighted by atomic mass is 9.85. The fraction of sp³-hybridized carbons (Fsp3) is 0.875. The van der Waals surface area contributed by atoms with Gasteiger partial charge in [0.25, 0.3) is 0 Å². The van der Waals surface area contributed by atoms with Crippen molar-refractivity contribution in [2.75, 3.05) is 19.8 Å². The lowest BCUT2D eigenvalue weighted by molar-refractivity contribution is -0.144. The minimum atomic E-state index is -4.41. The summed E-state index contributed by atoms with van der Waals surface area (Å²) < 4.78 is 40.5. The molecule has 15 heavy (non-hydrogen) atoms. The lowest BCUT2D eigenvalue weighted by Gasteiger charge is -2.25. The van der Waals surface area contributed by atoms with Gasteiger partial charge in [0.05, 0.1) is 18.6 Å². The molecule has 0 spiro atoms. The predicted molar refractivity (Wildman–Crippen MR) is 46.0 cm³/mol. The molecule has 0 aromatic carbocycles. The van der Waals surface area contributed by atoms with E-state index < -0.39 is 30.1 Å². The van der Waals surface area contributed by atoms with E-state index in [4.69, 9.17) is 10.5 Å². The van der Waals surface area contributed by atoms with Gasteiger partial charge in [0.1, 0.15) is 6.54 Å². The topological polar surface area (TPSA) is 64.3 Å². The summed E-state index contributed by atoms with van der Waals surface area (Å²) in [7, 11) is 0. The van der Waals surface area contributed by atoms with Crippen molar-refractivity contribution in [1.29, 1.82) is 0 Å². The summed E-state index contributed by atoms with van der Waals surface area (Å²) in [4.78, 5) is 11.5. The van der Waals surface area contributed by atoms with Crippen LogP contribution in [0.25, 0.3) is 0 Å². The predicted octanol–water partition coefficient (Wildman–Crippen LogP) is 0.0287. The Kier molecular flexibility index (Phi) is 3.25. The molecule has 2 atom stereocenters.